The van der Waals surface area contributed by atoms with Gasteiger partial charge in [-0.25, -0.2) is 4.98 Å². The fourth-order valence-corrected chi connectivity index (χ4v) is 2.69. The molecule has 8 nitrogen and oxygen atoms in total. The minimum absolute atomic E-state index is 0.0183. The summed E-state index contributed by atoms with van der Waals surface area (Å²) < 4.78 is 45.8. The number of nitrogens with zero attached hydrogens (tertiary/aromatic N) is 4. The second-order valence-corrected chi connectivity index (χ2v) is 6.34. The van der Waals surface area contributed by atoms with Crippen molar-refractivity contribution in [3.8, 4) is 5.75 Å². The zero-order chi connectivity index (χ0) is 22.6. The van der Waals surface area contributed by atoms with E-state index < -0.39 is 22.5 Å². The molecule has 0 spiro atoms. The molecule has 0 unspecified atom stereocenters. The van der Waals surface area contributed by atoms with E-state index in [0.717, 1.165) is 0 Å². The number of aromatic nitrogens is 2. The number of non-ortho nitro benzene ring substituents is 1. The summed E-state index contributed by atoms with van der Waals surface area (Å²) in [6, 6.07) is 11.9. The first kappa shape index (κ1) is 21.8. The van der Waals surface area contributed by atoms with Gasteiger partial charge in [-0.05, 0) is 43.3 Å². The molecule has 0 amide bonds. The van der Waals surface area contributed by atoms with Crippen molar-refractivity contribution >= 4 is 28.8 Å². The molecule has 162 valence electrons. The van der Waals surface area contributed by atoms with Gasteiger partial charge in [0.05, 0.1) is 11.5 Å². The maximum atomic E-state index is 13.5. The molecular formula is C20H18F3N5O3. The number of hydrogen-bond acceptors (Lipinski definition) is 7. The SMILES string of the molecule is CCOc1ccc(Nc2nc(N(C)c3ccc([N+](=O)[O-])cc3)ncc2C(F)(F)F)cc1. The molecular weight excluding hydrogens is 415 g/mol. The second-order valence-electron chi connectivity index (χ2n) is 6.34. The Morgan fingerprint density at radius 1 is 1.13 bits per heavy atom. The molecule has 1 aromatic heterocycles. The molecule has 2 aromatic carbocycles. The van der Waals surface area contributed by atoms with Crippen LogP contribution in [0.25, 0.3) is 0 Å². The highest BCUT2D eigenvalue weighted by atomic mass is 19.4. The summed E-state index contributed by atoms with van der Waals surface area (Å²) in [5.41, 5.74) is -0.278. The number of halogens is 3. The van der Waals surface area contributed by atoms with Crippen molar-refractivity contribution < 1.29 is 22.8 Å². The van der Waals surface area contributed by atoms with Gasteiger partial charge in [-0.3, -0.25) is 10.1 Å². The number of alkyl halides is 3. The lowest BCUT2D eigenvalue weighted by atomic mass is 10.2. The number of rotatable bonds is 7. The van der Waals surface area contributed by atoms with Gasteiger partial charge in [0.2, 0.25) is 5.95 Å². The summed E-state index contributed by atoms with van der Waals surface area (Å²) in [4.78, 5) is 19.5. The summed E-state index contributed by atoms with van der Waals surface area (Å²) >= 11 is 0. The van der Waals surface area contributed by atoms with E-state index in [9.17, 15) is 23.3 Å². The number of nitro groups is 1. The van der Waals surface area contributed by atoms with Gasteiger partial charge in [0.25, 0.3) is 5.69 Å². The summed E-state index contributed by atoms with van der Waals surface area (Å²) in [6.07, 6.45) is -3.97. The standard InChI is InChI=1S/C20H18F3N5O3/c1-3-31-16-10-4-13(5-11-16)25-18-17(20(21,22)23)12-24-19(26-18)27(2)14-6-8-15(9-7-14)28(29)30/h4-12H,3H2,1-2H3,(H,24,25,26). The number of nitrogens with one attached hydrogen (secondary N) is 1. The summed E-state index contributed by atoms with van der Waals surface area (Å²) in [7, 11) is 1.55. The van der Waals surface area contributed by atoms with Gasteiger partial charge in [-0.1, -0.05) is 0 Å². The maximum Gasteiger partial charge on any atom is 0.421 e. The molecule has 0 fully saturated rings. The first-order valence-corrected chi connectivity index (χ1v) is 9.11. The molecule has 0 aliphatic heterocycles. The Kier molecular flexibility index (Phi) is 6.23. The molecule has 0 radical (unpaired) electrons. The van der Waals surface area contributed by atoms with E-state index in [2.05, 4.69) is 15.3 Å². The number of nitro benzene ring substituents is 1. The van der Waals surface area contributed by atoms with Crippen molar-refractivity contribution in [1.82, 2.24) is 9.97 Å². The average Bonchev–Trinajstić information content (AvgIpc) is 2.74. The number of ether oxygens (including phenoxy) is 1. The van der Waals surface area contributed by atoms with Crippen molar-refractivity contribution in [2.45, 2.75) is 13.1 Å². The van der Waals surface area contributed by atoms with Crippen LogP contribution in [0.15, 0.2) is 54.7 Å². The van der Waals surface area contributed by atoms with Crippen LogP contribution in [0.4, 0.5) is 42.0 Å². The highest BCUT2D eigenvalue weighted by Crippen LogP contribution is 2.36. The van der Waals surface area contributed by atoms with Crippen LogP contribution in [0.1, 0.15) is 12.5 Å². The maximum absolute atomic E-state index is 13.5. The molecule has 0 saturated carbocycles. The van der Waals surface area contributed by atoms with Gasteiger partial charge in [0.1, 0.15) is 17.1 Å². The first-order chi connectivity index (χ1) is 14.7. The van der Waals surface area contributed by atoms with Crippen LogP contribution in [0.2, 0.25) is 0 Å². The monoisotopic (exact) mass is 433 g/mol. The summed E-state index contributed by atoms with van der Waals surface area (Å²) in [5.74, 6) is 0.149. The Bertz CT molecular complexity index is 1060. The topological polar surface area (TPSA) is 93.4 Å². The Morgan fingerprint density at radius 2 is 1.77 bits per heavy atom. The lowest BCUT2D eigenvalue weighted by molar-refractivity contribution is -0.384. The Morgan fingerprint density at radius 3 is 2.32 bits per heavy atom. The molecule has 1 heterocycles. The third kappa shape index (κ3) is 5.18. The molecule has 1 N–H and O–H groups in total. The zero-order valence-electron chi connectivity index (χ0n) is 16.6. The van der Waals surface area contributed by atoms with Crippen LogP contribution in [-0.2, 0) is 6.18 Å². The molecule has 0 atom stereocenters. The van der Waals surface area contributed by atoms with Gasteiger partial charge in [-0.15, -0.1) is 0 Å². The molecule has 3 rings (SSSR count). The number of hydrogen-bond donors (Lipinski definition) is 1. The smallest absolute Gasteiger partial charge is 0.421 e. The van der Waals surface area contributed by atoms with Crippen molar-refractivity contribution in [2.24, 2.45) is 0 Å². The van der Waals surface area contributed by atoms with Crippen molar-refractivity contribution in [1.29, 1.82) is 0 Å². The molecule has 0 bridgehead atoms. The molecule has 0 saturated heterocycles. The third-order valence-corrected chi connectivity index (χ3v) is 4.26. The third-order valence-electron chi connectivity index (χ3n) is 4.26. The van der Waals surface area contributed by atoms with E-state index >= 15 is 0 Å². The van der Waals surface area contributed by atoms with Gasteiger partial charge in [0.15, 0.2) is 0 Å². The fourth-order valence-electron chi connectivity index (χ4n) is 2.69. The van der Waals surface area contributed by atoms with Crippen LogP contribution in [0.5, 0.6) is 5.75 Å². The normalized spacial score (nSPS) is 11.1. The van der Waals surface area contributed by atoms with E-state index in [1.54, 1.807) is 31.3 Å². The molecule has 31 heavy (non-hydrogen) atoms. The van der Waals surface area contributed by atoms with Gasteiger partial charge >= 0.3 is 6.18 Å². The van der Waals surface area contributed by atoms with Crippen LogP contribution in [0, 0.1) is 10.1 Å². The summed E-state index contributed by atoms with van der Waals surface area (Å²) in [6.45, 7) is 2.29. The molecule has 3 aromatic rings. The van der Waals surface area contributed by atoms with Crippen LogP contribution >= 0.6 is 0 Å². The van der Waals surface area contributed by atoms with Crippen LogP contribution in [0.3, 0.4) is 0 Å². The lowest BCUT2D eigenvalue weighted by Gasteiger charge is -2.20. The average molecular weight is 433 g/mol. The zero-order valence-corrected chi connectivity index (χ0v) is 16.6. The van der Waals surface area contributed by atoms with Crippen molar-refractivity contribution in [3.63, 3.8) is 0 Å². The predicted molar refractivity (Wildman–Crippen MR) is 109 cm³/mol. The second kappa shape index (κ2) is 8.86. The van der Waals surface area contributed by atoms with Gasteiger partial charge < -0.3 is 15.0 Å². The Labute approximate surface area is 175 Å². The van der Waals surface area contributed by atoms with E-state index in [4.69, 9.17) is 4.74 Å². The summed E-state index contributed by atoms with van der Waals surface area (Å²) in [5, 5.41) is 13.5. The van der Waals surface area contributed by atoms with E-state index in [0.29, 0.717) is 29.9 Å². The predicted octanol–water partition coefficient (Wildman–Crippen LogP) is 5.31. The number of anilines is 4. The number of benzene rings is 2. The van der Waals surface area contributed by atoms with Gasteiger partial charge in [0, 0.05) is 36.8 Å². The van der Waals surface area contributed by atoms with Crippen LogP contribution in [-0.4, -0.2) is 28.5 Å². The Hall–Kier alpha value is -3.89. The van der Waals surface area contributed by atoms with E-state index in [-0.39, 0.29) is 11.6 Å². The largest absolute Gasteiger partial charge is 0.494 e. The van der Waals surface area contributed by atoms with Crippen LogP contribution < -0.4 is 15.0 Å². The van der Waals surface area contributed by atoms with E-state index in [1.165, 1.54) is 29.2 Å². The first-order valence-electron chi connectivity index (χ1n) is 9.11. The molecule has 11 heteroatoms. The Balaban J connectivity index is 1.93. The molecule has 0 aliphatic carbocycles. The van der Waals surface area contributed by atoms with E-state index in [1.807, 2.05) is 6.92 Å². The van der Waals surface area contributed by atoms with Gasteiger partial charge in [-0.2, -0.15) is 18.2 Å². The minimum Gasteiger partial charge on any atom is -0.494 e. The minimum atomic E-state index is -4.67. The lowest BCUT2D eigenvalue weighted by Crippen LogP contribution is -2.17. The highest BCUT2D eigenvalue weighted by molar-refractivity contribution is 5.64. The fraction of sp³-hybridized carbons (Fsp3) is 0.200. The quantitative estimate of drug-likeness (QED) is 0.398. The van der Waals surface area contributed by atoms with Crippen molar-refractivity contribution in [2.75, 3.05) is 23.9 Å². The molecule has 0 aliphatic rings. The highest BCUT2D eigenvalue weighted by Gasteiger charge is 2.35. The van der Waals surface area contributed by atoms with Crippen molar-refractivity contribution in [3.05, 3.63) is 70.4 Å².